The van der Waals surface area contributed by atoms with Gasteiger partial charge in [0.2, 0.25) is 0 Å². The highest BCUT2D eigenvalue weighted by Crippen LogP contribution is 2.47. The van der Waals surface area contributed by atoms with Gasteiger partial charge in [0.15, 0.2) is 0 Å². The van der Waals surface area contributed by atoms with Crippen LogP contribution in [0.3, 0.4) is 0 Å². The van der Waals surface area contributed by atoms with Crippen molar-refractivity contribution in [2.24, 2.45) is 5.41 Å². The van der Waals surface area contributed by atoms with Crippen molar-refractivity contribution in [2.75, 3.05) is 26.8 Å². The van der Waals surface area contributed by atoms with Gasteiger partial charge in [0, 0.05) is 25.1 Å². The number of ether oxygens (including phenoxy) is 1. The van der Waals surface area contributed by atoms with E-state index in [1.165, 1.54) is 51.6 Å². The van der Waals surface area contributed by atoms with Gasteiger partial charge in [-0.3, -0.25) is 4.90 Å². The average molecular weight is 211 g/mol. The minimum atomic E-state index is 0.547. The van der Waals surface area contributed by atoms with Gasteiger partial charge >= 0.3 is 0 Å². The number of nitrogens with zero attached hydrogens (tertiary/aromatic N) is 1. The third-order valence-corrected chi connectivity index (χ3v) is 4.07. The van der Waals surface area contributed by atoms with Crippen LogP contribution in [0.4, 0.5) is 0 Å². The van der Waals surface area contributed by atoms with Crippen LogP contribution in [-0.4, -0.2) is 37.7 Å². The van der Waals surface area contributed by atoms with Crippen molar-refractivity contribution in [1.29, 1.82) is 0 Å². The summed E-state index contributed by atoms with van der Waals surface area (Å²) in [7, 11) is 1.84. The van der Waals surface area contributed by atoms with Gasteiger partial charge in [-0.25, -0.2) is 0 Å². The van der Waals surface area contributed by atoms with Gasteiger partial charge in [0.1, 0.15) is 0 Å². The van der Waals surface area contributed by atoms with Gasteiger partial charge < -0.3 is 4.74 Å². The highest BCUT2D eigenvalue weighted by Gasteiger charge is 2.45. The summed E-state index contributed by atoms with van der Waals surface area (Å²) >= 11 is 0. The molecular weight excluding hydrogens is 186 g/mol. The summed E-state index contributed by atoms with van der Waals surface area (Å²) in [6.07, 6.45) is 8.33. The summed E-state index contributed by atoms with van der Waals surface area (Å²) in [5, 5.41) is 0. The first-order chi connectivity index (χ1) is 7.29. The first-order valence-corrected chi connectivity index (χ1v) is 6.53. The molecule has 2 nitrogen and oxygen atoms in total. The summed E-state index contributed by atoms with van der Waals surface area (Å²) < 4.78 is 5.35. The van der Waals surface area contributed by atoms with Crippen LogP contribution in [0.15, 0.2) is 0 Å². The van der Waals surface area contributed by atoms with Gasteiger partial charge in [-0.15, -0.1) is 0 Å². The molecule has 0 aromatic heterocycles. The van der Waals surface area contributed by atoms with E-state index in [0.29, 0.717) is 5.41 Å². The zero-order chi connectivity index (χ0) is 10.7. The minimum absolute atomic E-state index is 0.547. The van der Waals surface area contributed by atoms with Crippen LogP contribution in [0.25, 0.3) is 0 Å². The van der Waals surface area contributed by atoms with Gasteiger partial charge in [-0.2, -0.15) is 0 Å². The molecule has 1 heterocycles. The second-order valence-electron chi connectivity index (χ2n) is 5.49. The standard InChI is InChI=1S/C13H25NO/c1-3-5-12-6-4-9-14(12)10-13(7-8-13)11-15-2/h12H,3-11H2,1-2H3. The van der Waals surface area contributed by atoms with E-state index in [1.807, 2.05) is 7.11 Å². The lowest BCUT2D eigenvalue weighted by atomic mass is 10.1. The lowest BCUT2D eigenvalue weighted by molar-refractivity contribution is 0.101. The molecule has 0 aromatic rings. The number of likely N-dealkylation sites (tertiary alicyclic amines) is 1. The molecule has 0 bridgehead atoms. The molecule has 88 valence electrons. The largest absolute Gasteiger partial charge is 0.384 e. The molecule has 1 unspecified atom stereocenters. The topological polar surface area (TPSA) is 12.5 Å². The van der Waals surface area contributed by atoms with Crippen molar-refractivity contribution >= 4 is 0 Å². The van der Waals surface area contributed by atoms with Crippen molar-refractivity contribution in [2.45, 2.75) is 51.5 Å². The molecule has 2 aliphatic rings. The summed E-state index contributed by atoms with van der Waals surface area (Å²) in [6, 6.07) is 0.879. The molecule has 0 aromatic carbocycles. The normalized spacial score (nSPS) is 29.6. The molecule has 2 rings (SSSR count). The van der Waals surface area contributed by atoms with Gasteiger partial charge in [0.05, 0.1) is 6.61 Å². The Morgan fingerprint density at radius 2 is 2.20 bits per heavy atom. The van der Waals surface area contributed by atoms with Crippen LogP contribution in [0.5, 0.6) is 0 Å². The number of hydrogen-bond acceptors (Lipinski definition) is 2. The summed E-state index contributed by atoms with van der Waals surface area (Å²) in [4.78, 5) is 2.73. The van der Waals surface area contributed by atoms with Gasteiger partial charge in [0.25, 0.3) is 0 Å². The predicted octanol–water partition coefficient (Wildman–Crippen LogP) is 2.68. The molecule has 0 spiro atoms. The quantitative estimate of drug-likeness (QED) is 0.670. The molecular formula is C13H25NO. The summed E-state index contributed by atoms with van der Waals surface area (Å²) in [6.45, 7) is 5.91. The Kier molecular flexibility index (Phi) is 3.68. The van der Waals surface area contributed by atoms with Crippen molar-refractivity contribution in [3.05, 3.63) is 0 Å². The zero-order valence-corrected chi connectivity index (χ0v) is 10.3. The van der Waals surface area contributed by atoms with Crippen molar-refractivity contribution < 1.29 is 4.74 Å². The SMILES string of the molecule is CCCC1CCCN1CC1(COC)CC1. The lowest BCUT2D eigenvalue weighted by Crippen LogP contribution is -2.36. The molecule has 0 radical (unpaired) electrons. The molecule has 1 aliphatic carbocycles. The Bertz CT molecular complexity index is 201. The van der Waals surface area contributed by atoms with Crippen molar-refractivity contribution in [3.8, 4) is 0 Å². The Balaban J connectivity index is 1.82. The van der Waals surface area contributed by atoms with Crippen LogP contribution >= 0.6 is 0 Å². The van der Waals surface area contributed by atoms with E-state index in [9.17, 15) is 0 Å². The fourth-order valence-corrected chi connectivity index (χ4v) is 3.03. The van der Waals surface area contributed by atoms with Crippen LogP contribution in [0.1, 0.15) is 45.4 Å². The molecule has 1 aliphatic heterocycles. The molecule has 2 heteroatoms. The Morgan fingerprint density at radius 3 is 2.80 bits per heavy atom. The van der Waals surface area contributed by atoms with E-state index in [4.69, 9.17) is 4.74 Å². The first kappa shape index (κ1) is 11.4. The Hall–Kier alpha value is -0.0800. The van der Waals surface area contributed by atoms with E-state index < -0.39 is 0 Å². The fraction of sp³-hybridized carbons (Fsp3) is 1.00. The third-order valence-electron chi connectivity index (χ3n) is 4.07. The van der Waals surface area contributed by atoms with Crippen LogP contribution in [0.2, 0.25) is 0 Å². The highest BCUT2D eigenvalue weighted by molar-refractivity contribution is 4.97. The number of rotatable bonds is 6. The van der Waals surface area contributed by atoms with E-state index in [-0.39, 0.29) is 0 Å². The maximum atomic E-state index is 5.35. The Labute approximate surface area is 94.0 Å². The number of methoxy groups -OCH3 is 1. The smallest absolute Gasteiger partial charge is 0.0530 e. The second-order valence-corrected chi connectivity index (χ2v) is 5.49. The van der Waals surface area contributed by atoms with Crippen molar-refractivity contribution in [1.82, 2.24) is 4.90 Å². The zero-order valence-electron chi connectivity index (χ0n) is 10.3. The molecule has 1 atom stereocenters. The molecule has 1 saturated heterocycles. The summed E-state index contributed by atoms with van der Waals surface area (Å²) in [5.41, 5.74) is 0.547. The van der Waals surface area contributed by atoms with E-state index in [2.05, 4.69) is 11.8 Å². The number of hydrogen-bond donors (Lipinski definition) is 0. The molecule has 15 heavy (non-hydrogen) atoms. The third kappa shape index (κ3) is 2.73. The molecule has 1 saturated carbocycles. The average Bonchev–Trinajstić information content (AvgIpc) is 2.83. The lowest BCUT2D eigenvalue weighted by Gasteiger charge is -2.28. The maximum Gasteiger partial charge on any atom is 0.0530 e. The van der Waals surface area contributed by atoms with Crippen LogP contribution < -0.4 is 0 Å². The molecule has 0 amide bonds. The van der Waals surface area contributed by atoms with Gasteiger partial charge in [-0.1, -0.05) is 13.3 Å². The highest BCUT2D eigenvalue weighted by atomic mass is 16.5. The van der Waals surface area contributed by atoms with Crippen LogP contribution in [0, 0.1) is 5.41 Å². The maximum absolute atomic E-state index is 5.35. The summed E-state index contributed by atoms with van der Waals surface area (Å²) in [5.74, 6) is 0. The fourth-order valence-electron chi connectivity index (χ4n) is 3.03. The Morgan fingerprint density at radius 1 is 1.40 bits per heavy atom. The predicted molar refractivity (Wildman–Crippen MR) is 63.0 cm³/mol. The minimum Gasteiger partial charge on any atom is -0.384 e. The monoisotopic (exact) mass is 211 g/mol. The second kappa shape index (κ2) is 4.84. The molecule has 0 N–H and O–H groups in total. The first-order valence-electron chi connectivity index (χ1n) is 6.53. The van der Waals surface area contributed by atoms with E-state index in [0.717, 1.165) is 12.6 Å². The van der Waals surface area contributed by atoms with Crippen molar-refractivity contribution in [3.63, 3.8) is 0 Å². The molecule has 2 fully saturated rings. The van der Waals surface area contributed by atoms with Gasteiger partial charge in [-0.05, 0) is 38.6 Å². The van der Waals surface area contributed by atoms with Crippen LogP contribution in [-0.2, 0) is 4.74 Å². The van der Waals surface area contributed by atoms with E-state index >= 15 is 0 Å². The van der Waals surface area contributed by atoms with E-state index in [1.54, 1.807) is 0 Å².